The molecular formula is C10H12F2O6S. The predicted octanol–water partition coefficient (Wildman–Crippen LogP) is 0.768. The van der Waals surface area contributed by atoms with Gasteiger partial charge in [-0.2, -0.15) is 17.2 Å². The fraction of sp³-hybridized carbons (Fsp3) is 0.800. The number of Topliss-reactive ketones (excluding diaryl/α,β-unsaturated/α-hetero) is 1. The summed E-state index contributed by atoms with van der Waals surface area (Å²) in [7, 11) is -5.91. The van der Waals surface area contributed by atoms with Gasteiger partial charge in [0.05, 0.1) is 0 Å². The Morgan fingerprint density at radius 2 is 2.11 bits per heavy atom. The zero-order valence-corrected chi connectivity index (χ0v) is 10.7. The molecule has 6 nitrogen and oxygen atoms in total. The number of carbonyl (C=O) groups excluding carboxylic acids is 2. The van der Waals surface area contributed by atoms with E-state index in [1.165, 1.54) is 0 Å². The standard InChI is InChI=1S/C10H12F2O6S/c1-9-3-2-5(4-9)6(7(9)13)18-8(14)10(11,12)19(15,16)17/h5-6H,2-4H2,1H3,(H,15,16,17). The molecule has 3 atom stereocenters. The lowest BCUT2D eigenvalue weighted by Gasteiger charge is -2.25. The lowest BCUT2D eigenvalue weighted by atomic mass is 9.84. The number of halogens is 2. The third-order valence-electron chi connectivity index (χ3n) is 3.86. The van der Waals surface area contributed by atoms with E-state index < -0.39 is 38.6 Å². The number of carbonyl (C=O) groups is 2. The van der Waals surface area contributed by atoms with E-state index in [1.54, 1.807) is 6.92 Å². The highest BCUT2D eigenvalue weighted by molar-refractivity contribution is 7.87. The normalized spacial score (nSPS) is 34.6. The molecule has 0 aromatic heterocycles. The number of ether oxygens (including phenoxy) is 1. The molecule has 0 saturated heterocycles. The van der Waals surface area contributed by atoms with Crippen LogP contribution in [0.15, 0.2) is 0 Å². The summed E-state index contributed by atoms with van der Waals surface area (Å²) in [5.41, 5.74) is -0.691. The first kappa shape index (κ1) is 14.3. The van der Waals surface area contributed by atoms with Gasteiger partial charge in [-0.25, -0.2) is 4.79 Å². The Labute approximate surface area is 107 Å². The second-order valence-corrected chi connectivity index (χ2v) is 6.71. The van der Waals surface area contributed by atoms with Crippen LogP contribution >= 0.6 is 0 Å². The minimum atomic E-state index is -5.91. The summed E-state index contributed by atoms with van der Waals surface area (Å²) >= 11 is 0. The van der Waals surface area contributed by atoms with Gasteiger partial charge in [0, 0.05) is 11.3 Å². The highest BCUT2D eigenvalue weighted by Crippen LogP contribution is 2.52. The highest BCUT2D eigenvalue weighted by Gasteiger charge is 2.60. The summed E-state index contributed by atoms with van der Waals surface area (Å²) in [5.74, 6) is -3.24. The van der Waals surface area contributed by atoms with E-state index in [0.717, 1.165) is 0 Å². The van der Waals surface area contributed by atoms with E-state index in [2.05, 4.69) is 4.74 Å². The molecule has 2 aliphatic rings. The van der Waals surface area contributed by atoms with E-state index >= 15 is 0 Å². The minimum absolute atomic E-state index is 0.362. The first-order chi connectivity index (χ1) is 8.49. The fourth-order valence-corrected chi connectivity index (χ4v) is 3.02. The largest absolute Gasteiger partial charge is 0.465 e. The number of hydrogen-bond acceptors (Lipinski definition) is 5. The van der Waals surface area contributed by atoms with Gasteiger partial charge in [0.15, 0.2) is 11.9 Å². The van der Waals surface area contributed by atoms with Crippen molar-refractivity contribution in [1.82, 2.24) is 0 Å². The summed E-state index contributed by atoms with van der Waals surface area (Å²) in [6, 6.07) is 0. The molecule has 2 rings (SSSR count). The molecule has 19 heavy (non-hydrogen) atoms. The molecule has 0 radical (unpaired) electrons. The molecule has 0 heterocycles. The van der Waals surface area contributed by atoms with E-state index in [-0.39, 0.29) is 5.92 Å². The number of rotatable bonds is 3. The number of esters is 1. The fourth-order valence-electron chi connectivity index (χ4n) is 2.77. The van der Waals surface area contributed by atoms with Crippen LogP contribution in [0, 0.1) is 11.3 Å². The maximum Gasteiger partial charge on any atom is 0.465 e. The van der Waals surface area contributed by atoms with Crippen LogP contribution in [0.3, 0.4) is 0 Å². The Morgan fingerprint density at radius 1 is 1.53 bits per heavy atom. The molecule has 0 amide bonds. The quantitative estimate of drug-likeness (QED) is 0.610. The third kappa shape index (κ3) is 2.04. The van der Waals surface area contributed by atoms with Crippen molar-refractivity contribution in [3.8, 4) is 0 Å². The van der Waals surface area contributed by atoms with Crippen LogP contribution in [0.25, 0.3) is 0 Å². The Morgan fingerprint density at radius 3 is 2.53 bits per heavy atom. The average Bonchev–Trinajstić information content (AvgIpc) is 2.74. The molecule has 108 valence electrons. The Bertz CT molecular complexity index is 542. The van der Waals surface area contributed by atoms with E-state index in [9.17, 15) is 26.8 Å². The van der Waals surface area contributed by atoms with Gasteiger partial charge in [0.25, 0.3) is 0 Å². The molecule has 2 fully saturated rings. The minimum Gasteiger partial charge on any atom is -0.449 e. The zero-order chi connectivity index (χ0) is 14.6. The molecular weight excluding hydrogens is 286 g/mol. The van der Waals surface area contributed by atoms with Crippen molar-refractivity contribution in [2.75, 3.05) is 0 Å². The number of ketones is 1. The van der Waals surface area contributed by atoms with Crippen molar-refractivity contribution in [3.05, 3.63) is 0 Å². The summed E-state index contributed by atoms with van der Waals surface area (Å²) in [6.07, 6.45) is 0.233. The van der Waals surface area contributed by atoms with Gasteiger partial charge in [-0.1, -0.05) is 6.92 Å². The molecule has 1 N–H and O–H groups in total. The van der Waals surface area contributed by atoms with E-state index in [0.29, 0.717) is 19.3 Å². The van der Waals surface area contributed by atoms with Crippen LogP contribution in [-0.4, -0.2) is 36.1 Å². The summed E-state index contributed by atoms with van der Waals surface area (Å²) in [6.45, 7) is 1.66. The number of alkyl halides is 2. The van der Waals surface area contributed by atoms with Crippen LogP contribution < -0.4 is 0 Å². The van der Waals surface area contributed by atoms with Crippen molar-refractivity contribution < 1.29 is 36.1 Å². The first-order valence-corrected chi connectivity index (χ1v) is 7.03. The van der Waals surface area contributed by atoms with Gasteiger partial charge in [-0.15, -0.1) is 0 Å². The van der Waals surface area contributed by atoms with Crippen molar-refractivity contribution in [1.29, 1.82) is 0 Å². The predicted molar refractivity (Wildman–Crippen MR) is 56.8 cm³/mol. The molecule has 0 aliphatic heterocycles. The van der Waals surface area contributed by atoms with Crippen molar-refractivity contribution >= 4 is 21.9 Å². The van der Waals surface area contributed by atoms with Crippen molar-refractivity contribution in [3.63, 3.8) is 0 Å². The van der Waals surface area contributed by atoms with Crippen LogP contribution in [0.4, 0.5) is 8.78 Å². The summed E-state index contributed by atoms with van der Waals surface area (Å²) in [5, 5.41) is -5.06. The second kappa shape index (κ2) is 3.95. The lowest BCUT2D eigenvalue weighted by molar-refractivity contribution is -0.173. The van der Waals surface area contributed by atoms with E-state index in [1.807, 2.05) is 0 Å². The van der Waals surface area contributed by atoms with Gasteiger partial charge < -0.3 is 4.74 Å². The molecule has 0 aromatic carbocycles. The van der Waals surface area contributed by atoms with Crippen molar-refractivity contribution in [2.24, 2.45) is 11.3 Å². The lowest BCUT2D eigenvalue weighted by Crippen LogP contribution is -2.44. The molecule has 0 aromatic rings. The maximum absolute atomic E-state index is 13.0. The average molecular weight is 298 g/mol. The first-order valence-electron chi connectivity index (χ1n) is 5.59. The van der Waals surface area contributed by atoms with Gasteiger partial charge in [0.2, 0.25) is 0 Å². The van der Waals surface area contributed by atoms with Gasteiger partial charge >= 0.3 is 21.3 Å². The molecule has 2 saturated carbocycles. The zero-order valence-electron chi connectivity index (χ0n) is 9.93. The molecule has 2 bridgehead atoms. The summed E-state index contributed by atoms with van der Waals surface area (Å²) < 4.78 is 59.4. The van der Waals surface area contributed by atoms with Gasteiger partial charge in [-0.3, -0.25) is 9.35 Å². The molecule has 2 aliphatic carbocycles. The maximum atomic E-state index is 13.0. The van der Waals surface area contributed by atoms with Crippen LogP contribution in [0.2, 0.25) is 0 Å². The third-order valence-corrected chi connectivity index (χ3v) is 4.67. The molecule has 3 unspecified atom stereocenters. The van der Waals surface area contributed by atoms with Crippen LogP contribution in [0.1, 0.15) is 26.2 Å². The van der Waals surface area contributed by atoms with Crippen LogP contribution in [-0.2, 0) is 24.4 Å². The topological polar surface area (TPSA) is 97.7 Å². The smallest absolute Gasteiger partial charge is 0.449 e. The molecule has 0 spiro atoms. The summed E-state index contributed by atoms with van der Waals surface area (Å²) in [4.78, 5) is 23.0. The molecule has 9 heteroatoms. The van der Waals surface area contributed by atoms with Gasteiger partial charge in [0.1, 0.15) is 0 Å². The van der Waals surface area contributed by atoms with E-state index in [4.69, 9.17) is 4.55 Å². The highest BCUT2D eigenvalue weighted by atomic mass is 32.2. The Balaban J connectivity index is 2.16. The Hall–Kier alpha value is -1.09. The monoisotopic (exact) mass is 298 g/mol. The Kier molecular flexibility index (Phi) is 2.98. The van der Waals surface area contributed by atoms with Crippen molar-refractivity contribution in [2.45, 2.75) is 37.5 Å². The van der Waals surface area contributed by atoms with Gasteiger partial charge in [-0.05, 0) is 19.3 Å². The number of hydrogen-bond donors (Lipinski definition) is 1. The van der Waals surface area contributed by atoms with Crippen LogP contribution in [0.5, 0.6) is 0 Å². The second-order valence-electron chi connectivity index (χ2n) is 5.25. The SMILES string of the molecule is CC12CCC(C1)C(OC(=O)C(F)(F)S(=O)(=O)O)C2=O. The number of fused-ring (bicyclic) bond motifs is 2.